The molecule has 1 amide bonds. The summed E-state index contributed by atoms with van der Waals surface area (Å²) in [4.78, 5) is 18.3. The van der Waals surface area contributed by atoms with Crippen LogP contribution >= 0.6 is 11.8 Å². The van der Waals surface area contributed by atoms with Crippen LogP contribution in [0.3, 0.4) is 0 Å². The van der Waals surface area contributed by atoms with Gasteiger partial charge in [0.15, 0.2) is 0 Å². The molecule has 7 heteroatoms. The Balaban J connectivity index is 1.89. The monoisotopic (exact) mass is 311 g/mol. The van der Waals surface area contributed by atoms with E-state index < -0.39 is 6.55 Å². The van der Waals surface area contributed by atoms with Gasteiger partial charge in [-0.2, -0.15) is 8.78 Å². The highest BCUT2D eigenvalue weighted by Gasteiger charge is 2.16. The van der Waals surface area contributed by atoms with E-state index in [-0.39, 0.29) is 24.0 Å². The summed E-state index contributed by atoms with van der Waals surface area (Å²) in [5, 5.41) is 0. The van der Waals surface area contributed by atoms with Crippen LogP contribution in [0.4, 0.5) is 8.78 Å². The molecule has 0 saturated heterocycles. The van der Waals surface area contributed by atoms with Crippen LogP contribution in [0.5, 0.6) is 0 Å². The van der Waals surface area contributed by atoms with E-state index in [1.165, 1.54) is 29.1 Å². The number of thioether (sulfide) groups is 1. The molecule has 1 aromatic carbocycles. The van der Waals surface area contributed by atoms with Gasteiger partial charge in [0.05, 0.1) is 12.3 Å². The Kier molecular flexibility index (Phi) is 5.32. The molecule has 0 saturated carbocycles. The Labute approximate surface area is 125 Å². The lowest BCUT2D eigenvalue weighted by molar-refractivity contribution is -0.127. The summed E-state index contributed by atoms with van der Waals surface area (Å²) in [6.45, 7) is -2.59. The van der Waals surface area contributed by atoms with Gasteiger partial charge in [0.1, 0.15) is 5.82 Å². The van der Waals surface area contributed by atoms with Crippen molar-refractivity contribution in [3.63, 3.8) is 0 Å². The Morgan fingerprint density at radius 1 is 1.38 bits per heavy atom. The third-order valence-corrected chi connectivity index (χ3v) is 3.87. The molecule has 0 aliphatic heterocycles. The van der Waals surface area contributed by atoms with Gasteiger partial charge in [-0.25, -0.2) is 4.98 Å². The zero-order valence-corrected chi connectivity index (χ0v) is 12.3. The van der Waals surface area contributed by atoms with Crippen LogP contribution in [-0.4, -0.2) is 33.2 Å². The number of imidazole rings is 1. The number of benzene rings is 1. The molecular weight excluding hydrogens is 296 g/mol. The molecule has 0 unspecified atom stereocenters. The number of amides is 1. The molecule has 2 aromatic rings. The number of carbonyl (C=O) groups excluding carboxylic acids is 1. The van der Waals surface area contributed by atoms with Crippen LogP contribution < -0.4 is 0 Å². The van der Waals surface area contributed by atoms with Crippen molar-refractivity contribution in [2.75, 3.05) is 12.8 Å². The molecular formula is C14H15F2N3OS. The molecule has 0 spiro atoms. The normalized spacial score (nSPS) is 10.9. The van der Waals surface area contributed by atoms with E-state index in [9.17, 15) is 13.6 Å². The molecule has 0 bridgehead atoms. The third kappa shape index (κ3) is 4.29. The van der Waals surface area contributed by atoms with Gasteiger partial charge in [-0.1, -0.05) is 18.2 Å². The average Bonchev–Trinajstić information content (AvgIpc) is 2.94. The van der Waals surface area contributed by atoms with Gasteiger partial charge in [-0.3, -0.25) is 9.36 Å². The van der Waals surface area contributed by atoms with E-state index in [1.54, 1.807) is 7.05 Å². The van der Waals surface area contributed by atoms with Crippen molar-refractivity contribution in [1.29, 1.82) is 0 Å². The smallest absolute Gasteiger partial charge is 0.319 e. The Morgan fingerprint density at radius 2 is 2.10 bits per heavy atom. The lowest BCUT2D eigenvalue weighted by atomic mass is 10.4. The SMILES string of the molecule is CN(Cc1nccn1C(F)F)C(=O)CSc1ccccc1. The predicted molar refractivity (Wildman–Crippen MR) is 77.1 cm³/mol. The molecule has 0 atom stereocenters. The quantitative estimate of drug-likeness (QED) is 0.770. The summed E-state index contributed by atoms with van der Waals surface area (Å²) in [5.41, 5.74) is 0. The van der Waals surface area contributed by atoms with Crippen molar-refractivity contribution in [1.82, 2.24) is 14.5 Å². The van der Waals surface area contributed by atoms with Crippen molar-refractivity contribution < 1.29 is 13.6 Å². The third-order valence-electron chi connectivity index (χ3n) is 2.87. The Bertz CT molecular complexity index is 589. The maximum Gasteiger partial charge on any atom is 0.319 e. The lowest BCUT2D eigenvalue weighted by Crippen LogP contribution is -2.29. The molecule has 0 N–H and O–H groups in total. The van der Waals surface area contributed by atoms with Crippen LogP contribution in [0, 0.1) is 0 Å². The van der Waals surface area contributed by atoms with Crippen molar-refractivity contribution in [3.05, 3.63) is 48.5 Å². The maximum atomic E-state index is 12.7. The van der Waals surface area contributed by atoms with E-state index in [0.29, 0.717) is 0 Å². The first kappa shape index (κ1) is 15.5. The summed E-state index contributed by atoms with van der Waals surface area (Å²) < 4.78 is 26.2. The largest absolute Gasteiger partial charge is 0.338 e. The molecule has 0 fully saturated rings. The Morgan fingerprint density at radius 3 is 2.76 bits per heavy atom. The first-order valence-corrected chi connectivity index (χ1v) is 7.28. The first-order chi connectivity index (χ1) is 10.1. The highest BCUT2D eigenvalue weighted by atomic mass is 32.2. The molecule has 2 rings (SSSR count). The number of nitrogens with zero attached hydrogens (tertiary/aromatic N) is 3. The number of carbonyl (C=O) groups is 1. The summed E-state index contributed by atoms with van der Waals surface area (Å²) in [6.07, 6.45) is 2.51. The highest BCUT2D eigenvalue weighted by molar-refractivity contribution is 8.00. The minimum Gasteiger partial charge on any atom is -0.338 e. The summed E-state index contributed by atoms with van der Waals surface area (Å²) >= 11 is 1.41. The molecule has 1 aromatic heterocycles. The second-order valence-corrected chi connectivity index (χ2v) is 5.43. The fourth-order valence-electron chi connectivity index (χ4n) is 1.72. The van der Waals surface area contributed by atoms with Crippen LogP contribution in [-0.2, 0) is 11.3 Å². The number of hydrogen-bond donors (Lipinski definition) is 0. The topological polar surface area (TPSA) is 38.1 Å². The van der Waals surface area contributed by atoms with Crippen LogP contribution in [0.25, 0.3) is 0 Å². The molecule has 0 aliphatic carbocycles. The van der Waals surface area contributed by atoms with Crippen molar-refractivity contribution in [3.8, 4) is 0 Å². The van der Waals surface area contributed by atoms with Crippen LogP contribution in [0.2, 0.25) is 0 Å². The second-order valence-electron chi connectivity index (χ2n) is 4.38. The number of aromatic nitrogens is 2. The molecule has 4 nitrogen and oxygen atoms in total. The van der Waals surface area contributed by atoms with E-state index in [2.05, 4.69) is 4.98 Å². The van der Waals surface area contributed by atoms with Gasteiger partial charge in [0, 0.05) is 24.3 Å². The predicted octanol–water partition coefficient (Wildman–Crippen LogP) is 3.03. The van der Waals surface area contributed by atoms with Crippen LogP contribution in [0.15, 0.2) is 47.6 Å². The number of halogens is 2. The molecule has 21 heavy (non-hydrogen) atoms. The fraction of sp³-hybridized carbons (Fsp3) is 0.286. The first-order valence-electron chi connectivity index (χ1n) is 6.29. The standard InChI is InChI=1S/C14H15F2N3OS/c1-18(9-12-17-7-8-19(12)14(15)16)13(20)10-21-11-5-3-2-4-6-11/h2-8,14H,9-10H2,1H3. The fourth-order valence-corrected chi connectivity index (χ4v) is 2.58. The van der Waals surface area contributed by atoms with Gasteiger partial charge < -0.3 is 4.90 Å². The minimum absolute atomic E-state index is 0.0610. The minimum atomic E-state index is -2.65. The van der Waals surface area contributed by atoms with Gasteiger partial charge >= 0.3 is 6.55 Å². The van der Waals surface area contributed by atoms with E-state index in [0.717, 1.165) is 9.46 Å². The summed E-state index contributed by atoms with van der Waals surface area (Å²) in [5.74, 6) is 0.300. The number of hydrogen-bond acceptors (Lipinski definition) is 3. The van der Waals surface area contributed by atoms with Crippen LogP contribution in [0.1, 0.15) is 12.4 Å². The van der Waals surface area contributed by atoms with Gasteiger partial charge in [-0.05, 0) is 12.1 Å². The second kappa shape index (κ2) is 7.21. The number of alkyl halides is 2. The lowest BCUT2D eigenvalue weighted by Gasteiger charge is -2.17. The molecule has 0 aliphatic rings. The molecule has 1 heterocycles. The van der Waals surface area contributed by atoms with E-state index >= 15 is 0 Å². The maximum absolute atomic E-state index is 12.7. The van der Waals surface area contributed by atoms with Gasteiger partial charge in [-0.15, -0.1) is 11.8 Å². The summed E-state index contributed by atoms with van der Waals surface area (Å²) in [7, 11) is 1.58. The summed E-state index contributed by atoms with van der Waals surface area (Å²) in [6, 6.07) is 9.54. The van der Waals surface area contributed by atoms with Gasteiger partial charge in [0.25, 0.3) is 0 Å². The van der Waals surface area contributed by atoms with Crippen molar-refractivity contribution >= 4 is 17.7 Å². The Hall–Kier alpha value is -1.89. The molecule has 112 valence electrons. The van der Waals surface area contributed by atoms with E-state index in [1.807, 2.05) is 30.3 Å². The van der Waals surface area contributed by atoms with Crippen molar-refractivity contribution in [2.24, 2.45) is 0 Å². The highest BCUT2D eigenvalue weighted by Crippen LogP contribution is 2.18. The zero-order chi connectivity index (χ0) is 15.2. The van der Waals surface area contributed by atoms with Gasteiger partial charge in [0.2, 0.25) is 5.91 Å². The van der Waals surface area contributed by atoms with Crippen molar-refractivity contribution in [2.45, 2.75) is 18.0 Å². The average molecular weight is 311 g/mol. The zero-order valence-electron chi connectivity index (χ0n) is 11.4. The van der Waals surface area contributed by atoms with E-state index in [4.69, 9.17) is 0 Å². The number of rotatable bonds is 6. The molecule has 0 radical (unpaired) electrons.